The SMILES string of the molecule is CC[Si](CC)(CC)c1cccc(-c2ccccc2)c1O.CC[Si](CC)(CC)c1cccc(-c2ccccc2O)c1.CC[Si](CC)(CC)c1cccc2c1oc1c([Si](CC)(CC)CC)cccc12. The molecule has 7 aromatic rings. The molecule has 6 aromatic carbocycles. The quantitative estimate of drug-likeness (QED) is 0.0843. The molecule has 0 saturated heterocycles. The van der Waals surface area contributed by atoms with E-state index in [-0.39, 0.29) is 0 Å². The van der Waals surface area contributed by atoms with Crippen molar-refractivity contribution in [2.45, 2.75) is 156 Å². The van der Waals surface area contributed by atoms with Crippen LogP contribution in [0.2, 0.25) is 72.5 Å². The number of para-hydroxylation sites is 4. The largest absolute Gasteiger partial charge is 0.507 e. The van der Waals surface area contributed by atoms with Gasteiger partial charge < -0.3 is 14.6 Å². The minimum Gasteiger partial charge on any atom is -0.507 e. The van der Waals surface area contributed by atoms with Crippen molar-refractivity contribution in [3.63, 3.8) is 0 Å². The Morgan fingerprint density at radius 2 is 0.716 bits per heavy atom. The maximum Gasteiger partial charge on any atom is 0.134 e. The van der Waals surface area contributed by atoms with E-state index in [0.29, 0.717) is 11.5 Å². The minimum atomic E-state index is -1.55. The van der Waals surface area contributed by atoms with Crippen LogP contribution in [0.5, 0.6) is 11.5 Å². The van der Waals surface area contributed by atoms with E-state index in [0.717, 1.165) is 22.3 Å². The zero-order valence-corrected chi connectivity index (χ0v) is 47.5. The summed E-state index contributed by atoms with van der Waals surface area (Å²) in [5, 5.41) is 29.4. The van der Waals surface area contributed by atoms with Crippen LogP contribution in [0.4, 0.5) is 0 Å². The molecule has 0 aliphatic rings. The number of phenolic OH excluding ortho intramolecular Hbond substituents is 2. The third-order valence-corrected chi connectivity index (χ3v) is 39.6. The first-order chi connectivity index (χ1) is 32.4. The van der Waals surface area contributed by atoms with Crippen LogP contribution in [0.15, 0.2) is 138 Å². The molecule has 0 aliphatic carbocycles. The molecule has 0 radical (unpaired) electrons. The summed E-state index contributed by atoms with van der Waals surface area (Å²) in [6.45, 7) is 28.1. The zero-order chi connectivity index (χ0) is 48.8. The van der Waals surface area contributed by atoms with E-state index in [1.165, 1.54) is 105 Å². The van der Waals surface area contributed by atoms with Gasteiger partial charge in [0.05, 0.1) is 32.3 Å². The summed E-state index contributed by atoms with van der Waals surface area (Å²) in [4.78, 5) is 0. The predicted molar refractivity (Wildman–Crippen MR) is 308 cm³/mol. The topological polar surface area (TPSA) is 53.6 Å². The smallest absolute Gasteiger partial charge is 0.134 e. The van der Waals surface area contributed by atoms with Gasteiger partial charge in [0.1, 0.15) is 22.7 Å². The summed E-state index contributed by atoms with van der Waals surface area (Å²) < 4.78 is 6.81. The number of fused-ring (bicyclic) bond motifs is 3. The summed E-state index contributed by atoms with van der Waals surface area (Å²) in [5.74, 6) is 0.873. The molecule has 7 heteroatoms. The fourth-order valence-electron chi connectivity index (χ4n) is 11.5. The van der Waals surface area contributed by atoms with Gasteiger partial charge in [-0.1, -0.05) is 288 Å². The number of rotatable bonds is 18. The molecule has 67 heavy (non-hydrogen) atoms. The van der Waals surface area contributed by atoms with Crippen molar-refractivity contribution in [1.82, 2.24) is 0 Å². The van der Waals surface area contributed by atoms with Crippen LogP contribution in [-0.2, 0) is 0 Å². The Balaban J connectivity index is 0.000000192. The molecule has 2 N–H and O–H groups in total. The molecule has 0 saturated carbocycles. The predicted octanol–water partition coefficient (Wildman–Crippen LogP) is 16.6. The summed E-state index contributed by atoms with van der Waals surface area (Å²) >= 11 is 0. The molecule has 0 atom stereocenters. The second-order valence-electron chi connectivity index (χ2n) is 19.0. The van der Waals surface area contributed by atoms with E-state index in [9.17, 15) is 10.2 Å². The van der Waals surface area contributed by atoms with Crippen LogP contribution in [0.3, 0.4) is 0 Å². The lowest BCUT2D eigenvalue weighted by Gasteiger charge is -2.30. The zero-order valence-electron chi connectivity index (χ0n) is 43.5. The summed E-state index contributed by atoms with van der Waals surface area (Å²) in [6, 6.07) is 61.8. The van der Waals surface area contributed by atoms with Gasteiger partial charge in [-0.2, -0.15) is 0 Å². The molecular formula is C60H84O3Si4. The second-order valence-corrected chi connectivity index (χ2v) is 39.9. The third kappa shape index (κ3) is 10.8. The number of aromatic hydroxyl groups is 2. The van der Waals surface area contributed by atoms with Gasteiger partial charge in [0.25, 0.3) is 0 Å². The van der Waals surface area contributed by atoms with E-state index in [1.54, 1.807) is 16.4 Å². The van der Waals surface area contributed by atoms with E-state index in [4.69, 9.17) is 4.42 Å². The second kappa shape index (κ2) is 24.2. The highest BCUT2D eigenvalue weighted by Crippen LogP contribution is 2.35. The van der Waals surface area contributed by atoms with Crippen molar-refractivity contribution < 1.29 is 14.6 Å². The Bertz CT molecular complexity index is 2510. The van der Waals surface area contributed by atoms with Crippen molar-refractivity contribution >= 4 is 75.0 Å². The molecule has 1 heterocycles. The van der Waals surface area contributed by atoms with Crippen molar-refractivity contribution in [2.24, 2.45) is 0 Å². The van der Waals surface area contributed by atoms with Crippen LogP contribution in [-0.4, -0.2) is 42.5 Å². The Hall–Kier alpha value is -4.41. The molecule has 0 fully saturated rings. The van der Waals surface area contributed by atoms with Gasteiger partial charge in [-0.05, 0) is 32.8 Å². The molecule has 1 aromatic heterocycles. The van der Waals surface area contributed by atoms with Gasteiger partial charge in [0.15, 0.2) is 0 Å². The molecule has 0 amide bonds. The average Bonchev–Trinajstić information content (AvgIpc) is 3.78. The molecule has 358 valence electrons. The van der Waals surface area contributed by atoms with Gasteiger partial charge in [-0.3, -0.25) is 0 Å². The number of furan rings is 1. The summed E-state index contributed by atoms with van der Waals surface area (Å²) in [6.07, 6.45) is 0. The van der Waals surface area contributed by atoms with Gasteiger partial charge in [0, 0.05) is 21.9 Å². The number of hydrogen-bond acceptors (Lipinski definition) is 3. The van der Waals surface area contributed by atoms with Gasteiger partial charge in [-0.15, -0.1) is 0 Å². The highest BCUT2D eigenvalue weighted by Gasteiger charge is 2.36. The molecule has 3 nitrogen and oxygen atoms in total. The normalized spacial score (nSPS) is 12.1. The van der Waals surface area contributed by atoms with Crippen molar-refractivity contribution in [2.75, 3.05) is 0 Å². The van der Waals surface area contributed by atoms with Crippen LogP contribution in [0.25, 0.3) is 44.2 Å². The molecule has 0 spiro atoms. The van der Waals surface area contributed by atoms with Crippen LogP contribution in [0.1, 0.15) is 83.1 Å². The van der Waals surface area contributed by atoms with Crippen LogP contribution < -0.4 is 20.7 Å². The molecule has 7 rings (SSSR count). The number of hydrogen-bond donors (Lipinski definition) is 2. The summed E-state index contributed by atoms with van der Waals surface area (Å²) in [5.41, 5.74) is 6.52. The van der Waals surface area contributed by atoms with Crippen LogP contribution in [0, 0.1) is 0 Å². The average molecular weight is 966 g/mol. The van der Waals surface area contributed by atoms with Crippen molar-refractivity contribution in [1.29, 1.82) is 0 Å². The minimum absolute atomic E-state index is 0.362. The van der Waals surface area contributed by atoms with Gasteiger partial charge >= 0.3 is 0 Å². The number of benzene rings is 6. The number of phenols is 2. The van der Waals surface area contributed by atoms with E-state index in [1.807, 2.05) is 42.5 Å². The fourth-order valence-corrected chi connectivity index (χ4v) is 26.4. The van der Waals surface area contributed by atoms with Gasteiger partial charge in [-0.25, -0.2) is 0 Å². The molecular weight excluding hydrogens is 881 g/mol. The standard InChI is InChI=1S/C24H36OSi2.2C18H24OSi/c1-7-26(8-2,9-3)21-17-13-15-19-20-16-14-18-22(24(20)25-23(19)21)27(10-4,11-5)12-6;1-4-20(5-2,6-3)16-11-9-10-15(14-16)17-12-7-8-13-18(17)19;1-4-20(5-2,6-3)17-14-10-13-16(18(17)19)15-11-8-7-9-12-15/h13-18H,7-12H2,1-6H3;2*7-14,19H,4-6H2,1-3H3. The summed E-state index contributed by atoms with van der Waals surface area (Å²) in [7, 11) is -5.89. The highest BCUT2D eigenvalue weighted by atomic mass is 28.3. The first-order valence-electron chi connectivity index (χ1n) is 26.1. The van der Waals surface area contributed by atoms with Gasteiger partial charge in [0.2, 0.25) is 0 Å². The molecule has 0 aliphatic heterocycles. The monoisotopic (exact) mass is 965 g/mol. The first-order valence-corrected chi connectivity index (χ1v) is 36.6. The van der Waals surface area contributed by atoms with Crippen LogP contribution >= 0.6 is 0 Å². The lowest BCUT2D eigenvalue weighted by molar-refractivity contribution is 0.477. The first kappa shape index (κ1) is 53.5. The maximum atomic E-state index is 10.8. The fraction of sp³-hybridized carbons (Fsp3) is 0.400. The lowest BCUT2D eigenvalue weighted by atomic mass is 10.1. The van der Waals surface area contributed by atoms with E-state index >= 15 is 0 Å². The molecule has 0 bridgehead atoms. The highest BCUT2D eigenvalue weighted by molar-refractivity contribution is 6.94. The Morgan fingerprint density at radius 3 is 1.18 bits per heavy atom. The maximum absolute atomic E-state index is 10.8. The Labute approximate surface area is 410 Å². The molecule has 0 unspecified atom stereocenters. The van der Waals surface area contributed by atoms with Crippen molar-refractivity contribution in [3.8, 4) is 33.8 Å². The van der Waals surface area contributed by atoms with E-state index in [2.05, 4.69) is 168 Å². The lowest BCUT2D eigenvalue weighted by Crippen LogP contribution is -2.46. The Kier molecular flexibility index (Phi) is 19.4. The Morgan fingerprint density at radius 1 is 0.343 bits per heavy atom. The third-order valence-electron chi connectivity index (χ3n) is 17.2. The van der Waals surface area contributed by atoms with E-state index < -0.39 is 32.3 Å². The van der Waals surface area contributed by atoms with Crippen molar-refractivity contribution in [3.05, 3.63) is 133 Å².